The van der Waals surface area contributed by atoms with Crippen LogP contribution < -0.4 is 0 Å². The van der Waals surface area contributed by atoms with E-state index in [0.29, 0.717) is 11.5 Å². The molecule has 0 saturated carbocycles. The summed E-state index contributed by atoms with van der Waals surface area (Å²) in [6, 6.07) is 0. The number of allylic oxidation sites excluding steroid dienone is 1. The van der Waals surface area contributed by atoms with Gasteiger partial charge in [0.2, 0.25) is 0 Å². The van der Waals surface area contributed by atoms with Gasteiger partial charge in [-0.15, -0.1) is 0 Å². The summed E-state index contributed by atoms with van der Waals surface area (Å²) in [5.41, 5.74) is 0. The Balaban J connectivity index is 2.09. The average molecular weight is 164 g/mol. The van der Waals surface area contributed by atoms with Crippen molar-refractivity contribution in [2.75, 3.05) is 0 Å². The van der Waals surface area contributed by atoms with Crippen LogP contribution in [-0.2, 0) is 19.1 Å². The van der Waals surface area contributed by atoms with E-state index in [0.717, 1.165) is 0 Å². The van der Waals surface area contributed by atoms with Crippen LogP contribution in [0, 0.1) is 11.8 Å². The molecule has 2 unspecified atom stereocenters. The van der Waals surface area contributed by atoms with Crippen LogP contribution in [0.25, 0.3) is 0 Å². The lowest BCUT2D eigenvalue weighted by molar-refractivity contribution is -0.153. The normalized spacial score (nSPS) is 35.7. The Morgan fingerprint density at radius 1 is 1.17 bits per heavy atom. The lowest BCUT2D eigenvalue weighted by Gasteiger charge is -2.02. The first-order valence-corrected chi connectivity index (χ1v) is 3.63. The van der Waals surface area contributed by atoms with E-state index in [2.05, 4.69) is 4.74 Å². The minimum Gasteiger partial charge on any atom is -0.453 e. The van der Waals surface area contributed by atoms with Crippen molar-refractivity contribution in [3.05, 3.63) is 23.7 Å². The summed E-state index contributed by atoms with van der Waals surface area (Å²) >= 11 is 0. The quantitative estimate of drug-likeness (QED) is 0.376. The summed E-state index contributed by atoms with van der Waals surface area (Å²) in [6.45, 7) is 0. The van der Waals surface area contributed by atoms with Crippen LogP contribution >= 0.6 is 0 Å². The van der Waals surface area contributed by atoms with Gasteiger partial charge in [0.05, 0.1) is 5.92 Å². The van der Waals surface area contributed by atoms with E-state index < -0.39 is 23.8 Å². The first-order chi connectivity index (χ1) is 5.77. The molecule has 0 radical (unpaired) electrons. The summed E-state index contributed by atoms with van der Waals surface area (Å²) < 4.78 is 9.47. The first-order valence-electron chi connectivity index (χ1n) is 3.63. The number of cyclic esters (lactones) is 2. The molecule has 0 bridgehead atoms. The molecule has 3 aliphatic rings. The van der Waals surface area contributed by atoms with Gasteiger partial charge in [-0.2, -0.15) is 0 Å². The molecule has 60 valence electrons. The number of ether oxygens (including phenoxy) is 2. The van der Waals surface area contributed by atoms with Gasteiger partial charge in [0.15, 0.2) is 11.5 Å². The highest BCUT2D eigenvalue weighted by atomic mass is 16.6. The summed E-state index contributed by atoms with van der Waals surface area (Å²) in [5, 5.41) is 0. The molecule has 2 heterocycles. The zero-order valence-electron chi connectivity index (χ0n) is 5.94. The van der Waals surface area contributed by atoms with E-state index in [-0.39, 0.29) is 0 Å². The van der Waals surface area contributed by atoms with E-state index in [1.165, 1.54) is 0 Å². The maximum atomic E-state index is 11.1. The molecule has 1 aliphatic carbocycles. The Morgan fingerprint density at radius 3 is 2.83 bits per heavy atom. The van der Waals surface area contributed by atoms with Gasteiger partial charge in [-0.05, 0) is 6.08 Å². The number of hydrogen-bond acceptors (Lipinski definition) is 4. The molecular formula is C8H4O4. The third-order valence-electron chi connectivity index (χ3n) is 2.24. The van der Waals surface area contributed by atoms with E-state index in [4.69, 9.17) is 4.74 Å². The SMILES string of the molecule is O=C1OC(=O)C2C3=C(C=CC12)O3. The van der Waals surface area contributed by atoms with E-state index in [1.807, 2.05) is 0 Å². The zero-order chi connectivity index (χ0) is 8.29. The molecule has 0 N–H and O–H groups in total. The predicted octanol–water partition coefficient (Wildman–Crippen LogP) is 0.114. The first kappa shape index (κ1) is 5.99. The zero-order valence-corrected chi connectivity index (χ0v) is 5.94. The van der Waals surface area contributed by atoms with Gasteiger partial charge in [0.25, 0.3) is 0 Å². The third-order valence-corrected chi connectivity index (χ3v) is 2.24. The molecular weight excluding hydrogens is 160 g/mol. The van der Waals surface area contributed by atoms with Crippen molar-refractivity contribution in [3.8, 4) is 0 Å². The topological polar surface area (TPSA) is 55.9 Å². The van der Waals surface area contributed by atoms with Crippen LogP contribution in [0.15, 0.2) is 23.7 Å². The largest absolute Gasteiger partial charge is 0.453 e. The molecule has 0 aromatic heterocycles. The van der Waals surface area contributed by atoms with Crippen LogP contribution in [0.2, 0.25) is 0 Å². The second-order valence-corrected chi connectivity index (χ2v) is 2.93. The highest BCUT2D eigenvalue weighted by Gasteiger charge is 2.53. The standard InChI is InChI=1S/C8H4O4/c9-7-3-1-2-4-6(11-4)5(3)8(10)12-7/h1-3,5H. The van der Waals surface area contributed by atoms with Gasteiger partial charge in [0.1, 0.15) is 5.92 Å². The number of fused-ring (bicyclic) bond motifs is 2. The average Bonchev–Trinajstić information content (AvgIpc) is 2.74. The fourth-order valence-corrected chi connectivity index (χ4v) is 1.59. The van der Waals surface area contributed by atoms with Crippen LogP contribution in [-0.4, -0.2) is 11.9 Å². The lowest BCUT2D eigenvalue weighted by Crippen LogP contribution is -2.15. The molecule has 4 heteroatoms. The molecule has 0 amide bonds. The second kappa shape index (κ2) is 1.60. The minimum absolute atomic E-state index is 0.446. The molecule has 3 rings (SSSR count). The fraction of sp³-hybridized carbons (Fsp3) is 0.250. The van der Waals surface area contributed by atoms with Crippen LogP contribution in [0.3, 0.4) is 0 Å². The highest BCUT2D eigenvalue weighted by Crippen LogP contribution is 2.45. The lowest BCUT2D eigenvalue weighted by atomic mass is 9.91. The maximum Gasteiger partial charge on any atom is 0.325 e. The monoisotopic (exact) mass is 164 g/mol. The minimum atomic E-state index is -0.488. The molecule has 1 fully saturated rings. The van der Waals surface area contributed by atoms with Gasteiger partial charge in [-0.3, -0.25) is 9.59 Å². The van der Waals surface area contributed by atoms with Crippen LogP contribution in [0.1, 0.15) is 0 Å². The van der Waals surface area contributed by atoms with Gasteiger partial charge in [-0.25, -0.2) is 0 Å². The molecule has 0 aromatic carbocycles. The Hall–Kier alpha value is -1.58. The van der Waals surface area contributed by atoms with Crippen molar-refractivity contribution in [1.29, 1.82) is 0 Å². The Kier molecular flexibility index (Phi) is 0.800. The molecule has 2 atom stereocenters. The maximum absolute atomic E-state index is 11.1. The molecule has 12 heavy (non-hydrogen) atoms. The summed E-state index contributed by atoms with van der Waals surface area (Å²) in [7, 11) is 0. The van der Waals surface area contributed by atoms with Crippen LogP contribution in [0.5, 0.6) is 0 Å². The van der Waals surface area contributed by atoms with Gasteiger partial charge < -0.3 is 9.47 Å². The van der Waals surface area contributed by atoms with Crippen LogP contribution in [0.4, 0.5) is 0 Å². The fourth-order valence-electron chi connectivity index (χ4n) is 1.59. The second-order valence-electron chi connectivity index (χ2n) is 2.93. The predicted molar refractivity (Wildman–Crippen MR) is 35.3 cm³/mol. The van der Waals surface area contributed by atoms with Gasteiger partial charge >= 0.3 is 11.9 Å². The summed E-state index contributed by atoms with van der Waals surface area (Å²) in [6.07, 6.45) is 3.36. The number of rotatable bonds is 0. The van der Waals surface area contributed by atoms with Crippen molar-refractivity contribution >= 4 is 11.9 Å². The number of esters is 2. The number of hydrogen-bond donors (Lipinski definition) is 0. The van der Waals surface area contributed by atoms with Crippen molar-refractivity contribution in [2.45, 2.75) is 0 Å². The smallest absolute Gasteiger partial charge is 0.325 e. The molecule has 4 nitrogen and oxygen atoms in total. The number of carbonyl (C=O) groups excluding carboxylic acids is 2. The molecule has 0 spiro atoms. The van der Waals surface area contributed by atoms with E-state index >= 15 is 0 Å². The molecule has 0 aromatic rings. The Bertz CT molecular complexity index is 363. The highest BCUT2D eigenvalue weighted by molar-refractivity contribution is 6.00. The third kappa shape index (κ3) is 0.536. The molecule has 2 aliphatic heterocycles. The Labute approximate surface area is 67.4 Å². The van der Waals surface area contributed by atoms with Crippen molar-refractivity contribution in [2.24, 2.45) is 11.8 Å². The van der Waals surface area contributed by atoms with Gasteiger partial charge in [-0.1, -0.05) is 6.08 Å². The summed E-state index contributed by atoms with van der Waals surface area (Å²) in [4.78, 5) is 22.1. The molecule has 1 saturated heterocycles. The van der Waals surface area contributed by atoms with E-state index in [1.54, 1.807) is 12.2 Å². The number of carbonyl (C=O) groups is 2. The van der Waals surface area contributed by atoms with Crippen molar-refractivity contribution < 1.29 is 19.1 Å². The summed E-state index contributed by atoms with van der Waals surface area (Å²) in [5.74, 6) is -0.569. The Morgan fingerprint density at radius 2 is 2.00 bits per heavy atom. The van der Waals surface area contributed by atoms with E-state index in [9.17, 15) is 9.59 Å². The van der Waals surface area contributed by atoms with Gasteiger partial charge in [0, 0.05) is 0 Å². The van der Waals surface area contributed by atoms with Crippen molar-refractivity contribution in [3.63, 3.8) is 0 Å². The van der Waals surface area contributed by atoms with Crippen molar-refractivity contribution in [1.82, 2.24) is 0 Å².